The number of halogens is 3. The summed E-state index contributed by atoms with van der Waals surface area (Å²) < 4.78 is 58.9. The molecule has 0 aromatic rings. The van der Waals surface area contributed by atoms with Crippen molar-refractivity contribution in [3.63, 3.8) is 0 Å². The number of hydrogen-bond donors (Lipinski definition) is 0. The third kappa shape index (κ3) is 3.66. The largest absolute Gasteiger partial charge is 0.741 e. The van der Waals surface area contributed by atoms with Gasteiger partial charge in [-0.1, -0.05) is 0 Å². The molecule has 1 atom stereocenters. The van der Waals surface area contributed by atoms with E-state index in [0.29, 0.717) is 0 Å². The molecule has 9 heavy (non-hydrogen) atoms. The summed E-state index contributed by atoms with van der Waals surface area (Å²) in [7, 11) is -6.09. The van der Waals surface area contributed by atoms with Crippen molar-refractivity contribution < 1.29 is 26.1 Å². The van der Waals surface area contributed by atoms with E-state index in [0.717, 1.165) is 0 Å². The zero-order valence-corrected chi connectivity index (χ0v) is 7.08. The van der Waals surface area contributed by atoms with E-state index in [1.54, 1.807) is 0 Å². The van der Waals surface area contributed by atoms with Crippen molar-refractivity contribution >= 4 is 20.0 Å². The predicted octanol–water partition coefficient (Wildman–Crippen LogP) is -0.158. The molecule has 0 aromatic heterocycles. The molecule has 0 aromatic carbocycles. The lowest BCUT2D eigenvalue weighted by Gasteiger charge is -2.08. The highest BCUT2D eigenvalue weighted by Gasteiger charge is 2.36. The van der Waals surface area contributed by atoms with Crippen LogP contribution in [0.25, 0.3) is 0 Å². The lowest BCUT2D eigenvalue weighted by Crippen LogP contribution is -2.21. The molecule has 0 spiro atoms. The van der Waals surface area contributed by atoms with Gasteiger partial charge in [-0.05, 0) is 9.90 Å². The normalized spacial score (nSPS) is 12.4. The van der Waals surface area contributed by atoms with Crippen molar-refractivity contribution in [3.8, 4) is 0 Å². The Morgan fingerprint density at radius 1 is 1.22 bits per heavy atom. The highest BCUT2D eigenvalue weighted by molar-refractivity contribution is 7.86. The van der Waals surface area contributed by atoms with Crippen molar-refractivity contribution in [2.24, 2.45) is 0 Å². The molecule has 1 unspecified atom stereocenters. The standard InChI is InChI=1S/CHF3O3S.H3P/c2-1(3,4)8(5,6)7;/h(H,5,6,7);1H3. The van der Waals surface area contributed by atoms with Gasteiger partial charge in [0, 0.05) is 0 Å². The molecule has 0 rings (SSSR count). The molecule has 0 saturated heterocycles. The average Bonchev–Trinajstić information content (AvgIpc) is 1.25. The van der Waals surface area contributed by atoms with Crippen LogP contribution in [-0.4, -0.2) is 18.5 Å². The molecular weight excluding hydrogens is 180 g/mol. The highest BCUT2D eigenvalue weighted by atomic mass is 32.2. The van der Waals surface area contributed by atoms with E-state index in [9.17, 15) is 13.2 Å². The fourth-order valence-electron chi connectivity index (χ4n) is 0. The Labute approximate surface area is 52.6 Å². The Morgan fingerprint density at radius 2 is 1.33 bits per heavy atom. The predicted molar refractivity (Wildman–Crippen MR) is 28.3 cm³/mol. The zero-order valence-electron chi connectivity index (χ0n) is 4.27. The minimum absolute atomic E-state index is 0. The molecule has 58 valence electrons. The Morgan fingerprint density at radius 3 is 1.33 bits per heavy atom. The quantitative estimate of drug-likeness (QED) is 0.298. The summed E-state index contributed by atoms with van der Waals surface area (Å²) in [6.07, 6.45) is 0. The van der Waals surface area contributed by atoms with Gasteiger partial charge >= 0.3 is 5.51 Å². The van der Waals surface area contributed by atoms with E-state index >= 15 is 0 Å². The first-order chi connectivity index (χ1) is 3.25. The summed E-state index contributed by atoms with van der Waals surface area (Å²) in [5.74, 6) is 0. The molecule has 0 saturated carbocycles. The van der Waals surface area contributed by atoms with Crippen LogP contribution in [-0.2, 0) is 10.1 Å². The van der Waals surface area contributed by atoms with Crippen LogP contribution in [0.4, 0.5) is 13.2 Å². The van der Waals surface area contributed by atoms with Crippen LogP contribution in [0, 0.1) is 0 Å². The van der Waals surface area contributed by atoms with Gasteiger partial charge in [0.1, 0.15) is 0 Å². The minimum atomic E-state index is -6.09. The van der Waals surface area contributed by atoms with E-state index in [1.165, 1.54) is 0 Å². The smallest absolute Gasteiger partial charge is 0.485 e. The van der Waals surface area contributed by atoms with Crippen LogP contribution in [0.3, 0.4) is 0 Å². The van der Waals surface area contributed by atoms with Gasteiger partial charge in [0.15, 0.2) is 10.1 Å². The van der Waals surface area contributed by atoms with Gasteiger partial charge in [0.05, 0.1) is 0 Å². The van der Waals surface area contributed by atoms with Crippen LogP contribution in [0.2, 0.25) is 0 Å². The molecule has 0 aliphatic heterocycles. The number of hydrogen-bond acceptors (Lipinski definition) is 3. The Bertz CT molecular complexity index is 168. The maximum Gasteiger partial charge on any atom is 0.485 e. The maximum atomic E-state index is 10.7. The molecule has 0 aliphatic carbocycles. The van der Waals surface area contributed by atoms with Crippen molar-refractivity contribution in [1.29, 1.82) is 0 Å². The molecule has 0 aliphatic rings. The molecule has 3 nitrogen and oxygen atoms in total. The fraction of sp³-hybridized carbons (Fsp3) is 1.00. The van der Waals surface area contributed by atoms with Crippen molar-refractivity contribution in [2.45, 2.75) is 5.51 Å². The van der Waals surface area contributed by atoms with Gasteiger partial charge in [0.25, 0.3) is 0 Å². The summed E-state index contributed by atoms with van der Waals surface area (Å²) in [6, 6.07) is 0. The second-order valence-corrected chi connectivity index (χ2v) is 2.27. The Kier molecular flexibility index (Phi) is 3.70. The summed E-state index contributed by atoms with van der Waals surface area (Å²) in [5, 5.41) is 0. The van der Waals surface area contributed by atoms with E-state index in [4.69, 9.17) is 13.0 Å². The molecule has 0 radical (unpaired) electrons. The number of alkyl halides is 3. The summed E-state index contributed by atoms with van der Waals surface area (Å²) >= 11 is 0. The molecule has 0 bridgehead atoms. The zero-order chi connectivity index (χ0) is 7.00. The fourth-order valence-corrected chi connectivity index (χ4v) is 0. The molecule has 0 N–H and O–H groups in total. The average molecular weight is 184 g/mol. The summed E-state index contributed by atoms with van der Waals surface area (Å²) in [5.41, 5.74) is -5.65. The third-order valence-corrected chi connectivity index (χ3v) is 0.850. The number of rotatable bonds is 0. The van der Waals surface area contributed by atoms with Gasteiger partial charge in [-0.3, -0.25) is 0 Å². The van der Waals surface area contributed by atoms with Crippen LogP contribution in [0.1, 0.15) is 0 Å². The van der Waals surface area contributed by atoms with Crippen LogP contribution >= 0.6 is 9.90 Å². The topological polar surface area (TPSA) is 57.2 Å². The van der Waals surface area contributed by atoms with E-state index in [2.05, 4.69) is 0 Å². The third-order valence-electron chi connectivity index (χ3n) is 0.283. The Balaban J connectivity index is 0. The molecule has 8 heteroatoms. The van der Waals surface area contributed by atoms with Crippen LogP contribution < -0.4 is 0 Å². The molecule has 0 fully saturated rings. The first kappa shape index (κ1) is 11.9. The SMILES string of the molecule is O=S(=O)([O-])C(F)(F)F.[PH4+]. The lowest BCUT2D eigenvalue weighted by atomic mass is 11.6. The Hall–Kier alpha value is 0.130. The lowest BCUT2D eigenvalue weighted by molar-refractivity contribution is -0.0517. The van der Waals surface area contributed by atoms with Crippen molar-refractivity contribution in [2.75, 3.05) is 0 Å². The van der Waals surface area contributed by atoms with Crippen molar-refractivity contribution in [1.82, 2.24) is 0 Å². The van der Waals surface area contributed by atoms with Crippen molar-refractivity contribution in [3.05, 3.63) is 0 Å². The minimum Gasteiger partial charge on any atom is -0.741 e. The van der Waals surface area contributed by atoms with Gasteiger partial charge < -0.3 is 4.55 Å². The molecule has 0 heterocycles. The second kappa shape index (κ2) is 2.81. The second-order valence-electron chi connectivity index (χ2n) is 0.900. The van der Waals surface area contributed by atoms with E-state index in [1.807, 2.05) is 0 Å². The van der Waals surface area contributed by atoms with Crippen LogP contribution in [0.15, 0.2) is 0 Å². The molecular formula is CH4F3O3PS. The summed E-state index contributed by atoms with van der Waals surface area (Å²) in [4.78, 5) is 0. The monoisotopic (exact) mass is 184 g/mol. The summed E-state index contributed by atoms with van der Waals surface area (Å²) in [6.45, 7) is 0. The van der Waals surface area contributed by atoms with Gasteiger partial charge in [0.2, 0.25) is 0 Å². The van der Waals surface area contributed by atoms with Crippen LogP contribution in [0.5, 0.6) is 0 Å². The highest BCUT2D eigenvalue weighted by Crippen LogP contribution is 2.20. The van der Waals surface area contributed by atoms with Gasteiger partial charge in [-0.25, -0.2) is 8.42 Å². The maximum absolute atomic E-state index is 10.7. The molecule has 0 amide bonds. The van der Waals surface area contributed by atoms with E-state index in [-0.39, 0.29) is 9.90 Å². The van der Waals surface area contributed by atoms with Gasteiger partial charge in [-0.15, -0.1) is 0 Å². The van der Waals surface area contributed by atoms with E-state index < -0.39 is 15.6 Å². The first-order valence-corrected chi connectivity index (χ1v) is 2.68. The van der Waals surface area contributed by atoms with Gasteiger partial charge in [-0.2, -0.15) is 13.2 Å². The first-order valence-electron chi connectivity index (χ1n) is 1.27.